The summed E-state index contributed by atoms with van der Waals surface area (Å²) < 4.78 is 1.99. The van der Waals surface area contributed by atoms with Crippen LogP contribution < -0.4 is 0 Å². The predicted molar refractivity (Wildman–Crippen MR) is 100 cm³/mol. The average molecular weight is 350 g/mol. The van der Waals surface area contributed by atoms with E-state index in [-0.39, 0.29) is 11.8 Å². The van der Waals surface area contributed by atoms with Crippen molar-refractivity contribution in [2.75, 3.05) is 26.2 Å². The highest BCUT2D eigenvalue weighted by Crippen LogP contribution is 2.22. The summed E-state index contributed by atoms with van der Waals surface area (Å²) in [4.78, 5) is 32.2. The van der Waals surface area contributed by atoms with Gasteiger partial charge in [-0.1, -0.05) is 18.2 Å². The van der Waals surface area contributed by atoms with Crippen molar-refractivity contribution in [2.45, 2.75) is 6.42 Å². The second kappa shape index (κ2) is 6.71. The maximum atomic E-state index is 13.1. The molecule has 6 nitrogen and oxygen atoms in total. The van der Waals surface area contributed by atoms with Crippen molar-refractivity contribution in [3.63, 3.8) is 0 Å². The number of hydrogen-bond donors (Lipinski definition) is 1. The van der Waals surface area contributed by atoms with Crippen LogP contribution in [0.1, 0.15) is 27.1 Å². The van der Waals surface area contributed by atoms with Gasteiger partial charge >= 0.3 is 0 Å². The molecule has 1 fully saturated rings. The van der Waals surface area contributed by atoms with Crippen LogP contribution in [0.5, 0.6) is 0 Å². The van der Waals surface area contributed by atoms with Gasteiger partial charge in [0.2, 0.25) is 0 Å². The van der Waals surface area contributed by atoms with Gasteiger partial charge in [-0.05, 0) is 18.6 Å². The van der Waals surface area contributed by atoms with E-state index in [9.17, 15) is 9.59 Å². The number of benzene rings is 1. The molecule has 0 spiro atoms. The lowest BCUT2D eigenvalue weighted by molar-refractivity contribution is 0.0719. The summed E-state index contributed by atoms with van der Waals surface area (Å²) in [7, 11) is 1.96. The van der Waals surface area contributed by atoms with Crippen LogP contribution in [0.25, 0.3) is 10.9 Å². The third-order valence-corrected chi connectivity index (χ3v) is 5.04. The molecule has 0 unspecified atom stereocenters. The Morgan fingerprint density at radius 2 is 1.69 bits per heavy atom. The zero-order valence-electron chi connectivity index (χ0n) is 14.8. The number of fused-ring (bicyclic) bond motifs is 1. The highest BCUT2D eigenvalue weighted by atomic mass is 16.2. The number of aromatic amines is 1. The van der Waals surface area contributed by atoms with E-state index in [1.165, 1.54) is 0 Å². The fourth-order valence-electron chi connectivity index (χ4n) is 3.65. The third-order valence-electron chi connectivity index (χ3n) is 5.04. The number of nitrogens with zero attached hydrogens (tertiary/aromatic N) is 3. The molecular weight excluding hydrogens is 328 g/mol. The monoisotopic (exact) mass is 350 g/mol. The molecule has 1 saturated heterocycles. The highest BCUT2D eigenvalue weighted by molar-refractivity contribution is 6.07. The smallest absolute Gasteiger partial charge is 0.256 e. The molecule has 1 aliphatic rings. The van der Waals surface area contributed by atoms with Gasteiger partial charge < -0.3 is 19.4 Å². The third kappa shape index (κ3) is 2.87. The first-order valence-electron chi connectivity index (χ1n) is 8.90. The van der Waals surface area contributed by atoms with E-state index in [0.29, 0.717) is 31.7 Å². The van der Waals surface area contributed by atoms with Gasteiger partial charge in [0.05, 0.1) is 11.1 Å². The standard InChI is InChI=1S/C20H22N4O2/c1-22-14-17(16-5-2-3-6-18(16)22)20(26)24-10-4-9-23(11-12-24)19(25)15-7-8-21-13-15/h2-3,5-8,13-14,21H,4,9-12H2,1H3. The van der Waals surface area contributed by atoms with Crippen LogP contribution in [0.15, 0.2) is 48.9 Å². The van der Waals surface area contributed by atoms with E-state index < -0.39 is 0 Å². The van der Waals surface area contributed by atoms with Crippen molar-refractivity contribution in [3.05, 3.63) is 60.0 Å². The van der Waals surface area contributed by atoms with Gasteiger partial charge in [0.15, 0.2) is 0 Å². The Hall–Kier alpha value is -3.02. The molecule has 0 radical (unpaired) electrons. The minimum atomic E-state index is 0.0192. The van der Waals surface area contributed by atoms with E-state index in [0.717, 1.165) is 22.9 Å². The van der Waals surface area contributed by atoms with Crippen LogP contribution in [0.2, 0.25) is 0 Å². The fraction of sp³-hybridized carbons (Fsp3) is 0.300. The summed E-state index contributed by atoms with van der Waals surface area (Å²) in [5.74, 6) is 0.0588. The van der Waals surface area contributed by atoms with Gasteiger partial charge in [0.1, 0.15) is 0 Å². The Kier molecular flexibility index (Phi) is 4.24. The van der Waals surface area contributed by atoms with E-state index >= 15 is 0 Å². The van der Waals surface area contributed by atoms with Crippen LogP contribution in [0.4, 0.5) is 0 Å². The number of hydrogen-bond acceptors (Lipinski definition) is 2. The molecule has 1 aliphatic heterocycles. The summed E-state index contributed by atoms with van der Waals surface area (Å²) in [5, 5.41) is 0.976. The van der Waals surface area contributed by atoms with Gasteiger partial charge in [-0.3, -0.25) is 9.59 Å². The summed E-state index contributed by atoms with van der Waals surface area (Å²) in [5.41, 5.74) is 2.45. The maximum Gasteiger partial charge on any atom is 0.256 e. The average Bonchev–Trinajstić information content (AvgIpc) is 3.23. The molecule has 6 heteroatoms. The zero-order valence-corrected chi connectivity index (χ0v) is 14.8. The molecular formula is C20H22N4O2. The Balaban J connectivity index is 1.52. The quantitative estimate of drug-likeness (QED) is 0.772. The number of nitrogens with one attached hydrogen (secondary N) is 1. The van der Waals surface area contributed by atoms with Gasteiger partial charge in [0.25, 0.3) is 11.8 Å². The molecule has 4 rings (SSSR count). The molecule has 0 aliphatic carbocycles. The van der Waals surface area contributed by atoms with Crippen LogP contribution >= 0.6 is 0 Å². The Bertz CT molecular complexity index is 942. The number of aryl methyl sites for hydroxylation is 1. The fourth-order valence-corrected chi connectivity index (χ4v) is 3.65. The molecule has 0 atom stereocenters. The first-order chi connectivity index (χ1) is 12.6. The van der Waals surface area contributed by atoms with Crippen molar-refractivity contribution in [1.29, 1.82) is 0 Å². The Labute approximate surface area is 152 Å². The first kappa shape index (κ1) is 16.4. The second-order valence-electron chi connectivity index (χ2n) is 6.71. The zero-order chi connectivity index (χ0) is 18.1. The van der Waals surface area contributed by atoms with Gasteiger partial charge in [-0.15, -0.1) is 0 Å². The number of rotatable bonds is 2. The summed E-state index contributed by atoms with van der Waals surface area (Å²) in [6, 6.07) is 9.73. The van der Waals surface area contributed by atoms with Crippen LogP contribution in [-0.4, -0.2) is 57.3 Å². The topological polar surface area (TPSA) is 61.3 Å². The number of H-pyrrole nitrogens is 1. The normalized spacial score (nSPS) is 15.3. The van der Waals surface area contributed by atoms with Crippen LogP contribution in [-0.2, 0) is 7.05 Å². The molecule has 26 heavy (non-hydrogen) atoms. The molecule has 2 amide bonds. The molecule has 3 aromatic rings. The lowest BCUT2D eigenvalue weighted by Gasteiger charge is -2.22. The van der Waals surface area contributed by atoms with Crippen molar-refractivity contribution in [2.24, 2.45) is 7.05 Å². The summed E-state index contributed by atoms with van der Waals surface area (Å²) in [6.07, 6.45) is 6.15. The van der Waals surface area contributed by atoms with E-state index in [1.807, 2.05) is 51.9 Å². The number of para-hydroxylation sites is 1. The van der Waals surface area contributed by atoms with E-state index in [1.54, 1.807) is 18.5 Å². The number of carbonyl (C=O) groups excluding carboxylic acids is 2. The van der Waals surface area contributed by atoms with Gasteiger partial charge in [0, 0.05) is 62.7 Å². The minimum Gasteiger partial charge on any atom is -0.367 e. The predicted octanol–water partition coefficient (Wildman–Crippen LogP) is 2.49. The van der Waals surface area contributed by atoms with Crippen LogP contribution in [0, 0.1) is 0 Å². The molecule has 0 bridgehead atoms. The molecule has 1 N–H and O–H groups in total. The summed E-state index contributed by atoms with van der Waals surface area (Å²) in [6.45, 7) is 2.45. The van der Waals surface area contributed by atoms with E-state index in [2.05, 4.69) is 4.98 Å². The lowest BCUT2D eigenvalue weighted by atomic mass is 10.1. The second-order valence-corrected chi connectivity index (χ2v) is 6.71. The summed E-state index contributed by atoms with van der Waals surface area (Å²) >= 11 is 0. The minimum absolute atomic E-state index is 0.0192. The molecule has 2 aromatic heterocycles. The highest BCUT2D eigenvalue weighted by Gasteiger charge is 2.25. The Morgan fingerprint density at radius 3 is 2.42 bits per heavy atom. The molecule has 3 heterocycles. The van der Waals surface area contributed by atoms with Crippen molar-refractivity contribution in [3.8, 4) is 0 Å². The van der Waals surface area contributed by atoms with Crippen molar-refractivity contribution in [1.82, 2.24) is 19.4 Å². The number of amides is 2. The maximum absolute atomic E-state index is 13.1. The molecule has 134 valence electrons. The van der Waals surface area contributed by atoms with Crippen LogP contribution in [0.3, 0.4) is 0 Å². The van der Waals surface area contributed by atoms with Gasteiger partial charge in [-0.25, -0.2) is 0 Å². The lowest BCUT2D eigenvalue weighted by Crippen LogP contribution is -2.37. The first-order valence-corrected chi connectivity index (χ1v) is 8.90. The molecule has 0 saturated carbocycles. The van der Waals surface area contributed by atoms with Crippen molar-refractivity contribution < 1.29 is 9.59 Å². The molecule has 1 aromatic carbocycles. The number of carbonyl (C=O) groups is 2. The SMILES string of the molecule is Cn1cc(C(=O)N2CCCN(C(=O)c3cc[nH]c3)CC2)c2ccccc21. The largest absolute Gasteiger partial charge is 0.367 e. The number of aromatic nitrogens is 2. The van der Waals surface area contributed by atoms with Gasteiger partial charge in [-0.2, -0.15) is 0 Å². The van der Waals surface area contributed by atoms with Crippen molar-refractivity contribution >= 4 is 22.7 Å². The Morgan fingerprint density at radius 1 is 0.962 bits per heavy atom. The van der Waals surface area contributed by atoms with E-state index in [4.69, 9.17) is 0 Å².